The molecule has 8 heteroatoms. The molecule has 0 aromatic heterocycles. The Morgan fingerprint density at radius 2 is 1.90 bits per heavy atom. The normalized spacial score (nSPS) is 22.1. The summed E-state index contributed by atoms with van der Waals surface area (Å²) in [5.41, 5.74) is 0. The molecule has 7 nitrogen and oxygen atoms in total. The van der Waals surface area contributed by atoms with Crippen molar-refractivity contribution >= 4 is 22.0 Å². The number of sulfonamides is 1. The first kappa shape index (κ1) is 16.9. The number of methoxy groups -OCH3 is 2. The Hall–Kier alpha value is -1.15. The largest absolute Gasteiger partial charge is 0.469 e. The molecule has 1 aliphatic rings. The molecule has 2 unspecified atom stereocenters. The number of carbonyl (C=O) groups is 2. The first-order chi connectivity index (χ1) is 9.34. The van der Waals surface area contributed by atoms with Crippen LogP contribution >= 0.6 is 0 Å². The van der Waals surface area contributed by atoms with Crippen molar-refractivity contribution in [3.05, 3.63) is 0 Å². The van der Waals surface area contributed by atoms with Crippen LogP contribution in [-0.2, 0) is 29.1 Å². The Morgan fingerprint density at radius 3 is 2.45 bits per heavy atom. The molecule has 0 radical (unpaired) electrons. The quantitative estimate of drug-likeness (QED) is 0.678. The Bertz CT molecular complexity index is 461. The maximum absolute atomic E-state index is 12.4. The van der Waals surface area contributed by atoms with Crippen molar-refractivity contribution < 1.29 is 27.5 Å². The fourth-order valence-corrected chi connectivity index (χ4v) is 4.00. The predicted octanol–water partition coefficient (Wildman–Crippen LogP) is 0.295. The zero-order valence-electron chi connectivity index (χ0n) is 12.0. The second-order valence-electron chi connectivity index (χ2n) is 4.75. The van der Waals surface area contributed by atoms with Gasteiger partial charge in [0.1, 0.15) is 0 Å². The topological polar surface area (TPSA) is 90.0 Å². The molecule has 0 saturated carbocycles. The van der Waals surface area contributed by atoms with Gasteiger partial charge in [0.05, 0.1) is 20.6 Å². The molecule has 20 heavy (non-hydrogen) atoms. The van der Waals surface area contributed by atoms with Crippen LogP contribution in [0.25, 0.3) is 0 Å². The lowest BCUT2D eigenvalue weighted by Crippen LogP contribution is -2.49. The molecular weight excluding hydrogens is 286 g/mol. The number of ether oxygens (including phenoxy) is 2. The number of carbonyl (C=O) groups excluding carboxylic acids is 2. The molecule has 2 atom stereocenters. The maximum atomic E-state index is 12.4. The minimum Gasteiger partial charge on any atom is -0.469 e. The van der Waals surface area contributed by atoms with Crippen LogP contribution in [0.3, 0.4) is 0 Å². The first-order valence-corrected chi connectivity index (χ1v) is 8.00. The second kappa shape index (κ2) is 7.03. The Balaban J connectivity index is 2.93. The lowest BCUT2D eigenvalue weighted by Gasteiger charge is -2.35. The standard InChI is InChI=1S/C12H21NO6S/c1-9(12(15)19-3)20(16,17)13-7-5-4-6-10(13)8-11(14)18-2/h9-10H,4-8H2,1-3H3. The van der Waals surface area contributed by atoms with Crippen LogP contribution in [0.1, 0.15) is 32.6 Å². The summed E-state index contributed by atoms with van der Waals surface area (Å²) >= 11 is 0. The van der Waals surface area contributed by atoms with Gasteiger partial charge in [-0.15, -0.1) is 0 Å². The van der Waals surface area contributed by atoms with Gasteiger partial charge >= 0.3 is 11.9 Å². The van der Waals surface area contributed by atoms with E-state index in [0.717, 1.165) is 13.5 Å². The number of nitrogens with zero attached hydrogens (tertiary/aromatic N) is 1. The highest BCUT2D eigenvalue weighted by atomic mass is 32.2. The number of rotatable bonds is 5. The van der Waals surface area contributed by atoms with Gasteiger partial charge in [-0.1, -0.05) is 6.42 Å². The van der Waals surface area contributed by atoms with E-state index in [9.17, 15) is 18.0 Å². The van der Waals surface area contributed by atoms with E-state index < -0.39 is 33.3 Å². The van der Waals surface area contributed by atoms with Gasteiger partial charge < -0.3 is 9.47 Å². The maximum Gasteiger partial charge on any atom is 0.325 e. The fraction of sp³-hybridized carbons (Fsp3) is 0.833. The molecule has 0 aliphatic carbocycles. The molecule has 0 amide bonds. The zero-order chi connectivity index (χ0) is 15.3. The molecular formula is C12H21NO6S. The van der Waals surface area contributed by atoms with Crippen LogP contribution in [0.2, 0.25) is 0 Å². The average molecular weight is 307 g/mol. The van der Waals surface area contributed by atoms with Gasteiger partial charge in [0.2, 0.25) is 10.0 Å². The van der Waals surface area contributed by atoms with Crippen LogP contribution in [0.5, 0.6) is 0 Å². The van der Waals surface area contributed by atoms with Crippen molar-refractivity contribution in [2.45, 2.75) is 43.9 Å². The lowest BCUT2D eigenvalue weighted by molar-refractivity contribution is -0.141. The molecule has 1 rings (SSSR count). The number of piperidine rings is 1. The summed E-state index contributed by atoms with van der Waals surface area (Å²) in [6.07, 6.45) is 2.15. The highest BCUT2D eigenvalue weighted by Crippen LogP contribution is 2.25. The number of hydrogen-bond acceptors (Lipinski definition) is 6. The van der Waals surface area contributed by atoms with Gasteiger partial charge in [0, 0.05) is 12.6 Å². The van der Waals surface area contributed by atoms with Gasteiger partial charge in [-0.3, -0.25) is 9.59 Å². The molecule has 1 heterocycles. The molecule has 1 saturated heterocycles. The average Bonchev–Trinajstić information content (AvgIpc) is 2.45. The molecule has 116 valence electrons. The number of esters is 2. The summed E-state index contributed by atoms with van der Waals surface area (Å²) in [6.45, 7) is 1.61. The Labute approximate surface area is 119 Å². The zero-order valence-corrected chi connectivity index (χ0v) is 12.8. The van der Waals surface area contributed by atoms with E-state index in [-0.39, 0.29) is 6.42 Å². The van der Waals surface area contributed by atoms with E-state index in [4.69, 9.17) is 0 Å². The Kier molecular flexibility index (Phi) is 5.94. The predicted molar refractivity (Wildman–Crippen MR) is 71.4 cm³/mol. The molecule has 0 N–H and O–H groups in total. The van der Waals surface area contributed by atoms with E-state index in [1.54, 1.807) is 0 Å². The van der Waals surface area contributed by atoms with E-state index in [1.807, 2.05) is 0 Å². The minimum atomic E-state index is -3.83. The lowest BCUT2D eigenvalue weighted by atomic mass is 10.0. The summed E-state index contributed by atoms with van der Waals surface area (Å²) in [4.78, 5) is 22.8. The third-order valence-corrected chi connectivity index (χ3v) is 5.73. The van der Waals surface area contributed by atoms with Gasteiger partial charge in [-0.05, 0) is 19.8 Å². The van der Waals surface area contributed by atoms with Crippen LogP contribution < -0.4 is 0 Å². The van der Waals surface area contributed by atoms with Gasteiger partial charge in [0.15, 0.2) is 5.25 Å². The number of hydrogen-bond donors (Lipinski definition) is 0. The molecule has 0 bridgehead atoms. The van der Waals surface area contributed by atoms with Crippen molar-refractivity contribution in [3.63, 3.8) is 0 Å². The first-order valence-electron chi connectivity index (χ1n) is 6.50. The van der Waals surface area contributed by atoms with Crippen molar-refractivity contribution in [2.75, 3.05) is 20.8 Å². The van der Waals surface area contributed by atoms with Gasteiger partial charge in [-0.25, -0.2) is 8.42 Å². The van der Waals surface area contributed by atoms with Crippen molar-refractivity contribution in [3.8, 4) is 0 Å². The van der Waals surface area contributed by atoms with Crippen molar-refractivity contribution in [2.24, 2.45) is 0 Å². The SMILES string of the molecule is COC(=O)CC1CCCCN1S(=O)(=O)C(C)C(=O)OC. The highest BCUT2D eigenvalue weighted by Gasteiger charge is 2.40. The summed E-state index contributed by atoms with van der Waals surface area (Å²) in [6, 6.07) is -0.451. The summed E-state index contributed by atoms with van der Waals surface area (Å²) in [5.74, 6) is -1.25. The van der Waals surface area contributed by atoms with Crippen LogP contribution in [0.4, 0.5) is 0 Å². The van der Waals surface area contributed by atoms with Gasteiger partial charge in [-0.2, -0.15) is 4.31 Å². The summed E-state index contributed by atoms with van der Waals surface area (Å²) < 4.78 is 35.2. The molecule has 0 aromatic carbocycles. The smallest absolute Gasteiger partial charge is 0.325 e. The van der Waals surface area contributed by atoms with E-state index in [0.29, 0.717) is 19.4 Å². The molecule has 0 spiro atoms. The minimum absolute atomic E-state index is 0.00359. The fourth-order valence-electron chi connectivity index (χ4n) is 2.28. The van der Waals surface area contributed by atoms with E-state index in [1.165, 1.54) is 18.3 Å². The van der Waals surface area contributed by atoms with Crippen LogP contribution in [0.15, 0.2) is 0 Å². The third kappa shape index (κ3) is 3.69. The molecule has 1 aliphatic heterocycles. The van der Waals surface area contributed by atoms with Crippen LogP contribution in [0, 0.1) is 0 Å². The third-order valence-electron chi connectivity index (χ3n) is 3.51. The van der Waals surface area contributed by atoms with Gasteiger partial charge in [0.25, 0.3) is 0 Å². The van der Waals surface area contributed by atoms with E-state index >= 15 is 0 Å². The molecule has 0 aromatic rings. The van der Waals surface area contributed by atoms with Crippen LogP contribution in [-0.4, -0.2) is 56.7 Å². The summed E-state index contributed by atoms with van der Waals surface area (Å²) in [7, 11) is -1.41. The monoisotopic (exact) mass is 307 g/mol. The van der Waals surface area contributed by atoms with Crippen molar-refractivity contribution in [1.82, 2.24) is 4.31 Å². The highest BCUT2D eigenvalue weighted by molar-refractivity contribution is 7.90. The second-order valence-corrected chi connectivity index (χ2v) is 6.96. The Morgan fingerprint density at radius 1 is 1.25 bits per heavy atom. The van der Waals surface area contributed by atoms with Crippen molar-refractivity contribution in [1.29, 1.82) is 0 Å². The summed E-state index contributed by atoms with van der Waals surface area (Å²) in [5, 5.41) is -1.27. The molecule has 1 fully saturated rings. The van der Waals surface area contributed by atoms with E-state index in [2.05, 4.69) is 9.47 Å².